The van der Waals surface area contributed by atoms with Gasteiger partial charge in [-0.2, -0.15) is 0 Å². The van der Waals surface area contributed by atoms with Crippen LogP contribution >= 0.6 is 0 Å². The van der Waals surface area contributed by atoms with Gasteiger partial charge in [-0.05, 0) is 51.3 Å². The first-order valence-corrected chi connectivity index (χ1v) is 8.27. The van der Waals surface area contributed by atoms with Crippen LogP contribution in [0.3, 0.4) is 0 Å². The Morgan fingerprint density at radius 3 is 2.68 bits per heavy atom. The van der Waals surface area contributed by atoms with Crippen molar-refractivity contribution in [2.45, 2.75) is 51.8 Å². The zero-order valence-corrected chi connectivity index (χ0v) is 14.0. The lowest BCUT2D eigenvalue weighted by atomic mass is 10.0. The highest BCUT2D eigenvalue weighted by atomic mass is 16.5. The van der Waals surface area contributed by atoms with Crippen molar-refractivity contribution in [1.82, 2.24) is 4.90 Å². The van der Waals surface area contributed by atoms with E-state index in [0.29, 0.717) is 25.2 Å². The molecule has 1 saturated heterocycles. The predicted molar refractivity (Wildman–Crippen MR) is 88.4 cm³/mol. The van der Waals surface area contributed by atoms with E-state index in [2.05, 4.69) is 18.7 Å². The fourth-order valence-corrected chi connectivity index (χ4v) is 2.99. The van der Waals surface area contributed by atoms with Gasteiger partial charge in [-0.3, -0.25) is 4.90 Å². The van der Waals surface area contributed by atoms with Crippen LogP contribution in [0.15, 0.2) is 24.3 Å². The summed E-state index contributed by atoms with van der Waals surface area (Å²) in [5.74, 6) is 0.821. The second-order valence-electron chi connectivity index (χ2n) is 6.42. The molecule has 1 aromatic rings. The van der Waals surface area contributed by atoms with Crippen molar-refractivity contribution in [1.29, 1.82) is 0 Å². The molecule has 0 aromatic heterocycles. The average molecular weight is 307 g/mol. The Morgan fingerprint density at radius 1 is 1.32 bits per heavy atom. The second kappa shape index (κ2) is 8.51. The van der Waals surface area contributed by atoms with E-state index < -0.39 is 6.10 Å². The molecule has 4 heteroatoms. The maximum absolute atomic E-state index is 10.3. The molecule has 0 radical (unpaired) electrons. The first kappa shape index (κ1) is 17.3. The molecule has 1 aliphatic rings. The monoisotopic (exact) mass is 307 g/mol. The van der Waals surface area contributed by atoms with Crippen molar-refractivity contribution < 1.29 is 14.6 Å². The summed E-state index contributed by atoms with van der Waals surface area (Å²) in [6, 6.07) is 8.84. The number of rotatable bonds is 7. The van der Waals surface area contributed by atoms with Gasteiger partial charge in [-0.1, -0.05) is 12.1 Å². The summed E-state index contributed by atoms with van der Waals surface area (Å²) < 4.78 is 11.2. The number of benzene rings is 1. The van der Waals surface area contributed by atoms with E-state index in [1.807, 2.05) is 31.2 Å². The molecule has 22 heavy (non-hydrogen) atoms. The highest BCUT2D eigenvalue weighted by molar-refractivity contribution is 5.27. The van der Waals surface area contributed by atoms with Gasteiger partial charge in [-0.25, -0.2) is 0 Å². The molecule has 124 valence electrons. The van der Waals surface area contributed by atoms with Crippen molar-refractivity contribution in [3.8, 4) is 5.75 Å². The quantitative estimate of drug-likeness (QED) is 0.841. The first-order valence-electron chi connectivity index (χ1n) is 8.27. The van der Waals surface area contributed by atoms with Crippen molar-refractivity contribution in [2.24, 2.45) is 0 Å². The number of aryl methyl sites for hydroxylation is 1. The standard InChI is InChI=1S/C18H29NO3/c1-14(2)19(16-7-9-21-10-8-16)12-17(20)13-22-18-6-4-5-15(3)11-18/h4-6,11,14,16-17,20H,7-10,12-13H2,1-3H3. The van der Waals surface area contributed by atoms with Crippen LogP contribution < -0.4 is 4.74 Å². The van der Waals surface area contributed by atoms with Crippen LogP contribution in [0.5, 0.6) is 5.75 Å². The third-order valence-corrected chi connectivity index (χ3v) is 4.18. The summed E-state index contributed by atoms with van der Waals surface area (Å²) in [5, 5.41) is 10.3. The molecule has 0 bridgehead atoms. The molecule has 1 fully saturated rings. The summed E-state index contributed by atoms with van der Waals surface area (Å²) in [6.45, 7) is 9.03. The Morgan fingerprint density at radius 2 is 2.05 bits per heavy atom. The topological polar surface area (TPSA) is 41.9 Å². The van der Waals surface area contributed by atoms with Crippen LogP contribution in [0.2, 0.25) is 0 Å². The molecule has 4 nitrogen and oxygen atoms in total. The highest BCUT2D eigenvalue weighted by Crippen LogP contribution is 2.18. The van der Waals surface area contributed by atoms with Gasteiger partial charge in [0.2, 0.25) is 0 Å². The lowest BCUT2D eigenvalue weighted by Gasteiger charge is -2.38. The molecule has 1 aliphatic heterocycles. The molecule has 1 atom stereocenters. The van der Waals surface area contributed by atoms with Gasteiger partial charge in [0.05, 0.1) is 0 Å². The van der Waals surface area contributed by atoms with E-state index in [-0.39, 0.29) is 0 Å². The molecule has 1 unspecified atom stereocenters. The van der Waals surface area contributed by atoms with Gasteiger partial charge in [0.15, 0.2) is 0 Å². The summed E-state index contributed by atoms with van der Waals surface area (Å²) in [5.41, 5.74) is 1.16. The Hall–Kier alpha value is -1.10. The van der Waals surface area contributed by atoms with Crippen LogP contribution in [0, 0.1) is 6.92 Å². The number of hydrogen-bond donors (Lipinski definition) is 1. The first-order chi connectivity index (χ1) is 10.6. The molecule has 0 amide bonds. The van der Waals surface area contributed by atoms with Crippen molar-refractivity contribution in [3.05, 3.63) is 29.8 Å². The van der Waals surface area contributed by atoms with E-state index >= 15 is 0 Å². The van der Waals surface area contributed by atoms with Gasteiger partial charge in [0.1, 0.15) is 18.5 Å². The number of aliphatic hydroxyl groups is 1. The predicted octanol–water partition coefficient (Wildman–Crippen LogP) is 2.62. The van der Waals surface area contributed by atoms with Crippen LogP contribution in [-0.2, 0) is 4.74 Å². The fourth-order valence-electron chi connectivity index (χ4n) is 2.99. The number of ether oxygens (including phenoxy) is 2. The molecular formula is C18H29NO3. The summed E-state index contributed by atoms with van der Waals surface area (Å²) >= 11 is 0. The molecule has 1 aromatic carbocycles. The lowest BCUT2D eigenvalue weighted by Crippen LogP contribution is -2.48. The smallest absolute Gasteiger partial charge is 0.119 e. The summed E-state index contributed by atoms with van der Waals surface area (Å²) in [6.07, 6.45) is 1.61. The van der Waals surface area contributed by atoms with E-state index in [0.717, 1.165) is 37.4 Å². The van der Waals surface area contributed by atoms with E-state index in [1.165, 1.54) is 0 Å². The molecule has 0 saturated carbocycles. The number of aliphatic hydroxyl groups excluding tert-OH is 1. The fraction of sp³-hybridized carbons (Fsp3) is 0.667. The Balaban J connectivity index is 1.83. The van der Waals surface area contributed by atoms with Crippen LogP contribution in [0.25, 0.3) is 0 Å². The number of nitrogens with zero attached hydrogens (tertiary/aromatic N) is 1. The Bertz CT molecular complexity index is 444. The minimum absolute atomic E-state index is 0.329. The molecule has 1 N–H and O–H groups in total. The van der Waals surface area contributed by atoms with Crippen molar-refractivity contribution >= 4 is 0 Å². The molecule has 2 rings (SSSR count). The highest BCUT2D eigenvalue weighted by Gasteiger charge is 2.25. The maximum atomic E-state index is 10.3. The summed E-state index contributed by atoms with van der Waals surface area (Å²) in [7, 11) is 0. The van der Waals surface area contributed by atoms with Crippen LogP contribution in [0.4, 0.5) is 0 Å². The van der Waals surface area contributed by atoms with Gasteiger partial charge in [0, 0.05) is 31.8 Å². The third-order valence-electron chi connectivity index (χ3n) is 4.18. The van der Waals surface area contributed by atoms with E-state index in [4.69, 9.17) is 9.47 Å². The minimum Gasteiger partial charge on any atom is -0.491 e. The van der Waals surface area contributed by atoms with Gasteiger partial charge >= 0.3 is 0 Å². The zero-order chi connectivity index (χ0) is 15.9. The van der Waals surface area contributed by atoms with Gasteiger partial charge < -0.3 is 14.6 Å². The van der Waals surface area contributed by atoms with E-state index in [1.54, 1.807) is 0 Å². The second-order valence-corrected chi connectivity index (χ2v) is 6.42. The molecule has 1 heterocycles. The SMILES string of the molecule is Cc1cccc(OCC(O)CN(C(C)C)C2CCOCC2)c1. The maximum Gasteiger partial charge on any atom is 0.119 e. The van der Waals surface area contributed by atoms with Crippen LogP contribution in [0.1, 0.15) is 32.3 Å². The molecular weight excluding hydrogens is 278 g/mol. The van der Waals surface area contributed by atoms with Gasteiger partial charge in [0.25, 0.3) is 0 Å². The number of hydrogen-bond acceptors (Lipinski definition) is 4. The van der Waals surface area contributed by atoms with Crippen molar-refractivity contribution in [3.63, 3.8) is 0 Å². The third kappa shape index (κ3) is 5.27. The summed E-state index contributed by atoms with van der Waals surface area (Å²) in [4.78, 5) is 2.38. The zero-order valence-electron chi connectivity index (χ0n) is 14.0. The van der Waals surface area contributed by atoms with Crippen LogP contribution in [-0.4, -0.2) is 54.6 Å². The molecule has 0 aliphatic carbocycles. The lowest BCUT2D eigenvalue weighted by molar-refractivity contribution is -0.00750. The Kier molecular flexibility index (Phi) is 6.68. The molecule has 0 spiro atoms. The van der Waals surface area contributed by atoms with E-state index in [9.17, 15) is 5.11 Å². The normalized spacial score (nSPS) is 17.9. The average Bonchev–Trinajstić information content (AvgIpc) is 2.51. The largest absolute Gasteiger partial charge is 0.491 e. The minimum atomic E-state index is -0.481. The van der Waals surface area contributed by atoms with Crippen molar-refractivity contribution in [2.75, 3.05) is 26.4 Å². The van der Waals surface area contributed by atoms with Gasteiger partial charge in [-0.15, -0.1) is 0 Å². The Labute approximate surface area is 134 Å².